The highest BCUT2D eigenvalue weighted by Gasteiger charge is 2.22. The number of fused-ring (bicyclic) bond motifs is 1. The standard InChI is InChI=1S/C22H24N2O2/c1-4-24(21-11-7-9-17-8-5-6-10-20(17)21)22(25)16(2)23-18-12-14-19(26-3)15-13-18/h5-16,23H,4H2,1-3H3/t16-/m1/s1. The van der Waals surface area contributed by atoms with E-state index in [1.807, 2.05) is 67.3 Å². The molecule has 3 aromatic carbocycles. The van der Waals surface area contributed by atoms with Gasteiger partial charge in [-0.15, -0.1) is 0 Å². The average Bonchev–Trinajstić information content (AvgIpc) is 2.69. The predicted octanol–water partition coefficient (Wildman–Crippen LogP) is 4.70. The molecule has 0 aliphatic carbocycles. The first-order valence-electron chi connectivity index (χ1n) is 8.83. The van der Waals surface area contributed by atoms with E-state index >= 15 is 0 Å². The van der Waals surface area contributed by atoms with Gasteiger partial charge in [0, 0.05) is 17.6 Å². The lowest BCUT2D eigenvalue weighted by atomic mass is 10.1. The molecule has 0 aliphatic heterocycles. The van der Waals surface area contributed by atoms with Crippen LogP contribution >= 0.6 is 0 Å². The molecule has 134 valence electrons. The van der Waals surface area contributed by atoms with Crippen molar-refractivity contribution in [3.63, 3.8) is 0 Å². The molecule has 1 amide bonds. The maximum absolute atomic E-state index is 13.1. The number of ether oxygens (including phenoxy) is 1. The smallest absolute Gasteiger partial charge is 0.249 e. The maximum atomic E-state index is 13.1. The molecular formula is C22H24N2O2. The molecule has 0 saturated carbocycles. The predicted molar refractivity (Wildman–Crippen MR) is 108 cm³/mol. The van der Waals surface area contributed by atoms with Crippen LogP contribution in [0.25, 0.3) is 10.8 Å². The second-order valence-electron chi connectivity index (χ2n) is 6.18. The van der Waals surface area contributed by atoms with Crippen molar-refractivity contribution in [1.29, 1.82) is 0 Å². The Morgan fingerprint density at radius 2 is 1.73 bits per heavy atom. The van der Waals surface area contributed by atoms with Crippen molar-refractivity contribution < 1.29 is 9.53 Å². The molecule has 1 atom stereocenters. The summed E-state index contributed by atoms with van der Waals surface area (Å²) in [6, 6.07) is 21.4. The molecule has 0 unspecified atom stereocenters. The Kier molecular flexibility index (Phi) is 5.42. The topological polar surface area (TPSA) is 41.6 Å². The second-order valence-corrected chi connectivity index (χ2v) is 6.18. The first-order valence-corrected chi connectivity index (χ1v) is 8.83. The van der Waals surface area contributed by atoms with Crippen LogP contribution in [0.5, 0.6) is 5.75 Å². The van der Waals surface area contributed by atoms with Crippen molar-refractivity contribution in [2.75, 3.05) is 23.9 Å². The van der Waals surface area contributed by atoms with Gasteiger partial charge in [-0.3, -0.25) is 4.79 Å². The van der Waals surface area contributed by atoms with Gasteiger partial charge in [0.1, 0.15) is 11.8 Å². The highest BCUT2D eigenvalue weighted by molar-refractivity contribution is 6.06. The summed E-state index contributed by atoms with van der Waals surface area (Å²) in [4.78, 5) is 14.9. The quantitative estimate of drug-likeness (QED) is 0.702. The van der Waals surface area contributed by atoms with Crippen LogP contribution in [0.2, 0.25) is 0 Å². The highest BCUT2D eigenvalue weighted by Crippen LogP contribution is 2.27. The number of nitrogens with one attached hydrogen (secondary N) is 1. The summed E-state index contributed by atoms with van der Waals surface area (Å²) in [5, 5.41) is 5.50. The van der Waals surface area contributed by atoms with E-state index in [-0.39, 0.29) is 11.9 Å². The molecule has 0 saturated heterocycles. The monoisotopic (exact) mass is 348 g/mol. The van der Waals surface area contributed by atoms with Crippen molar-refractivity contribution in [1.82, 2.24) is 0 Å². The number of likely N-dealkylation sites (N-methyl/N-ethyl adjacent to an activating group) is 1. The number of hydrogen-bond donors (Lipinski definition) is 1. The number of benzene rings is 3. The number of nitrogens with zero attached hydrogens (tertiary/aromatic N) is 1. The summed E-state index contributed by atoms with van der Waals surface area (Å²) >= 11 is 0. The molecule has 0 radical (unpaired) electrons. The third kappa shape index (κ3) is 3.64. The molecule has 0 fully saturated rings. The van der Waals surface area contributed by atoms with Crippen LogP contribution in [0, 0.1) is 0 Å². The third-order valence-corrected chi connectivity index (χ3v) is 4.48. The van der Waals surface area contributed by atoms with E-state index in [1.54, 1.807) is 7.11 Å². The molecule has 3 rings (SSSR count). The molecule has 0 heterocycles. The normalized spacial score (nSPS) is 11.8. The summed E-state index contributed by atoms with van der Waals surface area (Å²) in [6.45, 7) is 4.50. The Labute approximate surface area is 154 Å². The number of hydrogen-bond acceptors (Lipinski definition) is 3. The van der Waals surface area contributed by atoms with E-state index in [1.165, 1.54) is 0 Å². The fourth-order valence-corrected chi connectivity index (χ4v) is 3.12. The number of carbonyl (C=O) groups excluding carboxylic acids is 1. The molecule has 4 nitrogen and oxygen atoms in total. The van der Waals surface area contributed by atoms with E-state index in [0.29, 0.717) is 6.54 Å². The van der Waals surface area contributed by atoms with Gasteiger partial charge in [0.25, 0.3) is 0 Å². The van der Waals surface area contributed by atoms with Gasteiger partial charge in [-0.25, -0.2) is 0 Å². The number of carbonyl (C=O) groups is 1. The van der Waals surface area contributed by atoms with Crippen molar-refractivity contribution in [2.45, 2.75) is 19.9 Å². The van der Waals surface area contributed by atoms with Crippen LogP contribution in [0.3, 0.4) is 0 Å². The minimum atomic E-state index is -0.345. The van der Waals surface area contributed by atoms with Gasteiger partial charge in [-0.1, -0.05) is 36.4 Å². The lowest BCUT2D eigenvalue weighted by molar-refractivity contribution is -0.118. The van der Waals surface area contributed by atoms with E-state index in [4.69, 9.17) is 4.74 Å². The summed E-state index contributed by atoms with van der Waals surface area (Å²) < 4.78 is 5.17. The first-order chi connectivity index (χ1) is 12.6. The fraction of sp³-hybridized carbons (Fsp3) is 0.227. The largest absolute Gasteiger partial charge is 0.497 e. The SMILES string of the molecule is CCN(C(=O)[C@@H](C)Nc1ccc(OC)cc1)c1cccc2ccccc12. The van der Waals surface area contributed by atoms with Gasteiger partial charge in [0.05, 0.1) is 12.8 Å². The lowest BCUT2D eigenvalue weighted by Crippen LogP contribution is -2.41. The number of amides is 1. The molecule has 0 spiro atoms. The molecule has 26 heavy (non-hydrogen) atoms. The van der Waals surface area contributed by atoms with Gasteiger partial charge in [-0.05, 0) is 49.6 Å². The van der Waals surface area contributed by atoms with Crippen molar-refractivity contribution in [3.05, 3.63) is 66.7 Å². The van der Waals surface area contributed by atoms with Gasteiger partial charge >= 0.3 is 0 Å². The minimum absolute atomic E-state index is 0.0414. The Morgan fingerprint density at radius 1 is 1.04 bits per heavy atom. The molecule has 0 aliphatic rings. The number of rotatable bonds is 6. The Balaban J connectivity index is 1.83. The Hall–Kier alpha value is -3.01. The van der Waals surface area contributed by atoms with E-state index < -0.39 is 0 Å². The Morgan fingerprint density at radius 3 is 2.42 bits per heavy atom. The second kappa shape index (κ2) is 7.91. The Bertz CT molecular complexity index is 885. The van der Waals surface area contributed by atoms with Gasteiger partial charge in [0.15, 0.2) is 0 Å². The third-order valence-electron chi connectivity index (χ3n) is 4.48. The number of anilines is 2. The highest BCUT2D eigenvalue weighted by atomic mass is 16.5. The van der Waals surface area contributed by atoms with Crippen LogP contribution in [0.4, 0.5) is 11.4 Å². The van der Waals surface area contributed by atoms with Crippen molar-refractivity contribution >= 4 is 28.1 Å². The fourth-order valence-electron chi connectivity index (χ4n) is 3.12. The molecule has 0 bridgehead atoms. The average molecular weight is 348 g/mol. The summed E-state index contributed by atoms with van der Waals surface area (Å²) in [6.07, 6.45) is 0. The zero-order valence-electron chi connectivity index (χ0n) is 15.4. The van der Waals surface area contributed by atoms with E-state index in [0.717, 1.165) is 27.9 Å². The zero-order chi connectivity index (χ0) is 18.5. The summed E-state index contributed by atoms with van der Waals surface area (Å²) in [7, 11) is 1.64. The van der Waals surface area contributed by atoms with Gasteiger partial charge in [0.2, 0.25) is 5.91 Å². The summed E-state index contributed by atoms with van der Waals surface area (Å²) in [5.41, 5.74) is 1.83. The van der Waals surface area contributed by atoms with E-state index in [9.17, 15) is 4.79 Å². The van der Waals surface area contributed by atoms with Crippen LogP contribution in [-0.4, -0.2) is 25.6 Å². The van der Waals surface area contributed by atoms with Gasteiger partial charge in [-0.2, -0.15) is 0 Å². The lowest BCUT2D eigenvalue weighted by Gasteiger charge is -2.26. The maximum Gasteiger partial charge on any atom is 0.249 e. The van der Waals surface area contributed by atoms with Gasteiger partial charge < -0.3 is 15.0 Å². The van der Waals surface area contributed by atoms with Crippen LogP contribution in [-0.2, 0) is 4.79 Å². The van der Waals surface area contributed by atoms with Crippen molar-refractivity contribution in [2.24, 2.45) is 0 Å². The van der Waals surface area contributed by atoms with Crippen molar-refractivity contribution in [3.8, 4) is 5.75 Å². The van der Waals surface area contributed by atoms with Crippen LogP contribution in [0.15, 0.2) is 66.7 Å². The van der Waals surface area contributed by atoms with Crippen LogP contribution < -0.4 is 15.0 Å². The van der Waals surface area contributed by atoms with E-state index in [2.05, 4.69) is 23.5 Å². The first kappa shape index (κ1) is 17.8. The molecular weight excluding hydrogens is 324 g/mol. The minimum Gasteiger partial charge on any atom is -0.497 e. The number of methoxy groups -OCH3 is 1. The van der Waals surface area contributed by atoms with Crippen LogP contribution in [0.1, 0.15) is 13.8 Å². The molecule has 4 heteroatoms. The summed E-state index contributed by atoms with van der Waals surface area (Å²) in [5.74, 6) is 0.833. The molecule has 1 N–H and O–H groups in total. The molecule has 3 aromatic rings. The molecule has 0 aromatic heterocycles. The zero-order valence-corrected chi connectivity index (χ0v) is 15.4.